The number of esters is 1. The lowest BCUT2D eigenvalue weighted by molar-refractivity contribution is -0.119. The van der Waals surface area contributed by atoms with E-state index in [2.05, 4.69) is 10.4 Å². The van der Waals surface area contributed by atoms with Crippen LogP contribution in [0.4, 0.5) is 5.69 Å². The van der Waals surface area contributed by atoms with E-state index in [0.29, 0.717) is 11.4 Å². The lowest BCUT2D eigenvalue weighted by Gasteiger charge is -2.11. The highest BCUT2D eigenvalue weighted by atomic mass is 16.5. The van der Waals surface area contributed by atoms with Crippen LogP contribution in [0, 0.1) is 12.8 Å². The largest absolute Gasteiger partial charge is 0.464 e. The molecule has 1 aliphatic carbocycles. The topological polar surface area (TPSA) is 73.2 Å². The molecule has 1 heterocycles. The average Bonchev–Trinajstić information content (AvgIpc) is 2.98. The summed E-state index contributed by atoms with van der Waals surface area (Å²) in [6.07, 6.45) is 4.01. The van der Waals surface area contributed by atoms with Crippen LogP contribution in [0.25, 0.3) is 0 Å². The lowest BCUT2D eigenvalue weighted by atomic mass is 10.1. The third-order valence-electron chi connectivity index (χ3n) is 3.58. The fraction of sp³-hybridized carbons (Fsp3) is 0.615. The van der Waals surface area contributed by atoms with Crippen molar-refractivity contribution < 1.29 is 14.3 Å². The molecule has 6 nitrogen and oxygen atoms in total. The smallest absolute Gasteiger partial charge is 0.358 e. The molecule has 1 saturated carbocycles. The molecule has 1 aliphatic rings. The quantitative estimate of drug-likeness (QED) is 0.843. The SMILES string of the molecule is COC(=O)c1c(NC(=O)C2CCCC2)c(C)nn1C. The van der Waals surface area contributed by atoms with Crippen molar-refractivity contribution in [3.63, 3.8) is 0 Å². The average molecular weight is 265 g/mol. The third kappa shape index (κ3) is 2.62. The van der Waals surface area contributed by atoms with Crippen LogP contribution < -0.4 is 5.32 Å². The van der Waals surface area contributed by atoms with Gasteiger partial charge in [-0.25, -0.2) is 4.79 Å². The van der Waals surface area contributed by atoms with Crippen LogP contribution in [0.1, 0.15) is 41.9 Å². The number of carbonyl (C=O) groups excluding carboxylic acids is 2. The molecule has 1 fully saturated rings. The molecule has 0 aliphatic heterocycles. The van der Waals surface area contributed by atoms with Crippen molar-refractivity contribution in [1.82, 2.24) is 9.78 Å². The summed E-state index contributed by atoms with van der Waals surface area (Å²) >= 11 is 0. The van der Waals surface area contributed by atoms with Crippen molar-refractivity contribution in [3.8, 4) is 0 Å². The van der Waals surface area contributed by atoms with Gasteiger partial charge in [-0.15, -0.1) is 0 Å². The van der Waals surface area contributed by atoms with Crippen LogP contribution in [0.3, 0.4) is 0 Å². The molecule has 1 amide bonds. The molecule has 0 atom stereocenters. The number of carbonyl (C=O) groups is 2. The maximum Gasteiger partial charge on any atom is 0.358 e. The highest BCUT2D eigenvalue weighted by molar-refractivity contribution is 6.01. The molecule has 1 aromatic heterocycles. The molecular formula is C13H19N3O3. The zero-order valence-corrected chi connectivity index (χ0v) is 11.5. The number of anilines is 1. The van der Waals surface area contributed by atoms with Gasteiger partial charge in [0.05, 0.1) is 18.5 Å². The predicted octanol–water partition coefficient (Wildman–Crippen LogP) is 1.64. The number of rotatable bonds is 3. The van der Waals surface area contributed by atoms with E-state index in [1.54, 1.807) is 14.0 Å². The Morgan fingerprint density at radius 3 is 2.58 bits per heavy atom. The first kappa shape index (κ1) is 13.6. The minimum atomic E-state index is -0.496. The monoisotopic (exact) mass is 265 g/mol. The highest BCUT2D eigenvalue weighted by Crippen LogP contribution is 2.28. The molecule has 0 bridgehead atoms. The Hall–Kier alpha value is -1.85. The van der Waals surface area contributed by atoms with E-state index in [-0.39, 0.29) is 17.5 Å². The summed E-state index contributed by atoms with van der Waals surface area (Å²) in [4.78, 5) is 23.9. The van der Waals surface area contributed by atoms with Gasteiger partial charge in [-0.2, -0.15) is 5.10 Å². The summed E-state index contributed by atoms with van der Waals surface area (Å²) in [6, 6.07) is 0. The first-order valence-electron chi connectivity index (χ1n) is 6.47. The number of methoxy groups -OCH3 is 1. The molecular weight excluding hydrogens is 246 g/mol. The molecule has 0 unspecified atom stereocenters. The highest BCUT2D eigenvalue weighted by Gasteiger charge is 2.27. The van der Waals surface area contributed by atoms with E-state index in [9.17, 15) is 9.59 Å². The number of aryl methyl sites for hydroxylation is 2. The molecule has 0 spiro atoms. The molecule has 1 aromatic rings. The molecule has 2 rings (SSSR count). The van der Waals surface area contributed by atoms with E-state index in [1.165, 1.54) is 11.8 Å². The van der Waals surface area contributed by atoms with Gasteiger partial charge in [0.1, 0.15) is 0 Å². The molecule has 0 radical (unpaired) electrons. The lowest BCUT2D eigenvalue weighted by Crippen LogP contribution is -2.22. The van der Waals surface area contributed by atoms with Gasteiger partial charge in [0, 0.05) is 13.0 Å². The molecule has 0 aromatic carbocycles. The van der Waals surface area contributed by atoms with Crippen LogP contribution >= 0.6 is 0 Å². The Balaban J connectivity index is 2.23. The van der Waals surface area contributed by atoms with Crippen LogP contribution in [-0.4, -0.2) is 28.8 Å². The number of ether oxygens (including phenoxy) is 1. The summed E-state index contributed by atoms with van der Waals surface area (Å²) in [5.74, 6) is -0.478. The first-order valence-corrected chi connectivity index (χ1v) is 6.47. The van der Waals surface area contributed by atoms with Crippen molar-refractivity contribution in [1.29, 1.82) is 0 Å². The van der Waals surface area contributed by atoms with E-state index in [4.69, 9.17) is 4.74 Å². The van der Waals surface area contributed by atoms with Gasteiger partial charge in [0.25, 0.3) is 0 Å². The zero-order valence-electron chi connectivity index (χ0n) is 11.5. The van der Waals surface area contributed by atoms with Crippen molar-refractivity contribution in [2.45, 2.75) is 32.6 Å². The van der Waals surface area contributed by atoms with Crippen LogP contribution in [0.15, 0.2) is 0 Å². The van der Waals surface area contributed by atoms with E-state index in [0.717, 1.165) is 25.7 Å². The van der Waals surface area contributed by atoms with Gasteiger partial charge >= 0.3 is 5.97 Å². The maximum atomic E-state index is 12.1. The van der Waals surface area contributed by atoms with Crippen LogP contribution in [0.2, 0.25) is 0 Å². The maximum absolute atomic E-state index is 12.1. The van der Waals surface area contributed by atoms with Crippen molar-refractivity contribution >= 4 is 17.6 Å². The van der Waals surface area contributed by atoms with Crippen LogP contribution in [0.5, 0.6) is 0 Å². The van der Waals surface area contributed by atoms with Crippen molar-refractivity contribution in [3.05, 3.63) is 11.4 Å². The van der Waals surface area contributed by atoms with E-state index in [1.807, 2.05) is 0 Å². The first-order chi connectivity index (χ1) is 9.04. The minimum Gasteiger partial charge on any atom is -0.464 e. The van der Waals surface area contributed by atoms with Gasteiger partial charge in [-0.05, 0) is 19.8 Å². The second-order valence-electron chi connectivity index (χ2n) is 4.89. The van der Waals surface area contributed by atoms with Gasteiger partial charge < -0.3 is 10.1 Å². The number of hydrogen-bond acceptors (Lipinski definition) is 4. The van der Waals surface area contributed by atoms with Crippen molar-refractivity contribution in [2.24, 2.45) is 13.0 Å². The number of aromatic nitrogens is 2. The van der Waals surface area contributed by atoms with E-state index >= 15 is 0 Å². The number of hydrogen-bond donors (Lipinski definition) is 1. The second kappa shape index (κ2) is 5.42. The third-order valence-corrected chi connectivity index (χ3v) is 3.58. The molecule has 6 heteroatoms. The van der Waals surface area contributed by atoms with Crippen LogP contribution in [-0.2, 0) is 16.6 Å². The zero-order chi connectivity index (χ0) is 14.0. The summed E-state index contributed by atoms with van der Waals surface area (Å²) in [6.45, 7) is 1.76. The van der Waals surface area contributed by atoms with Gasteiger partial charge in [-0.3, -0.25) is 9.48 Å². The summed E-state index contributed by atoms with van der Waals surface area (Å²) in [5, 5.41) is 6.99. The predicted molar refractivity (Wildman–Crippen MR) is 69.9 cm³/mol. The fourth-order valence-electron chi connectivity index (χ4n) is 2.55. The second-order valence-corrected chi connectivity index (χ2v) is 4.89. The standard InChI is InChI=1S/C13H19N3O3/c1-8-10(11(13(18)19-3)16(2)15-8)14-12(17)9-6-4-5-7-9/h9H,4-7H2,1-3H3,(H,14,17). The Labute approximate surface area is 112 Å². The molecule has 19 heavy (non-hydrogen) atoms. The normalized spacial score (nSPS) is 15.5. The van der Waals surface area contributed by atoms with Gasteiger partial charge in [-0.1, -0.05) is 12.8 Å². The Morgan fingerprint density at radius 2 is 2.00 bits per heavy atom. The number of nitrogens with zero attached hydrogens (tertiary/aromatic N) is 2. The van der Waals surface area contributed by atoms with E-state index < -0.39 is 5.97 Å². The number of amides is 1. The Kier molecular flexibility index (Phi) is 3.87. The number of nitrogens with one attached hydrogen (secondary N) is 1. The van der Waals surface area contributed by atoms with Crippen molar-refractivity contribution in [2.75, 3.05) is 12.4 Å². The summed E-state index contributed by atoms with van der Waals surface area (Å²) < 4.78 is 6.16. The summed E-state index contributed by atoms with van der Waals surface area (Å²) in [5.41, 5.74) is 1.37. The minimum absolute atomic E-state index is 0.0289. The Morgan fingerprint density at radius 1 is 1.37 bits per heavy atom. The summed E-state index contributed by atoms with van der Waals surface area (Å²) in [7, 11) is 2.97. The molecule has 1 N–H and O–H groups in total. The van der Waals surface area contributed by atoms with Gasteiger partial charge in [0.15, 0.2) is 5.69 Å². The Bertz CT molecular complexity index is 501. The molecule has 104 valence electrons. The molecule has 0 saturated heterocycles. The fourth-order valence-corrected chi connectivity index (χ4v) is 2.55. The van der Waals surface area contributed by atoms with Gasteiger partial charge in [0.2, 0.25) is 5.91 Å².